The predicted molar refractivity (Wildman–Crippen MR) is 122 cm³/mol. The molecule has 172 valence electrons. The summed E-state index contributed by atoms with van der Waals surface area (Å²) >= 11 is 0. The average molecular weight is 441 g/mol. The lowest BCUT2D eigenvalue weighted by Gasteiger charge is -2.20. The average Bonchev–Trinajstić information content (AvgIpc) is 3.36. The van der Waals surface area contributed by atoms with Crippen molar-refractivity contribution in [1.29, 1.82) is 5.26 Å². The van der Waals surface area contributed by atoms with Crippen LogP contribution in [0.4, 0.5) is 5.82 Å². The SMILES string of the molecule is COc1cccc(CN(C)CC(=O)Nc2c(C#N)c(C)c(C)n2CC2CCCO2)c1OC. The molecule has 1 fully saturated rings. The van der Waals surface area contributed by atoms with Gasteiger partial charge in [0.1, 0.15) is 11.9 Å². The number of hydrogen-bond donors (Lipinski definition) is 1. The number of nitrogens with one attached hydrogen (secondary N) is 1. The Hall–Kier alpha value is -3.02. The molecule has 1 aromatic heterocycles. The van der Waals surface area contributed by atoms with Crippen LogP contribution in [-0.4, -0.2) is 55.9 Å². The second-order valence-electron chi connectivity index (χ2n) is 8.16. The van der Waals surface area contributed by atoms with E-state index in [4.69, 9.17) is 14.2 Å². The fourth-order valence-electron chi connectivity index (χ4n) is 4.19. The van der Waals surface area contributed by atoms with E-state index < -0.39 is 0 Å². The molecule has 1 N–H and O–H groups in total. The molecule has 8 heteroatoms. The number of aromatic nitrogens is 1. The summed E-state index contributed by atoms with van der Waals surface area (Å²) in [5.74, 6) is 1.68. The molecule has 3 rings (SSSR count). The number of hydrogen-bond acceptors (Lipinski definition) is 6. The number of nitrogens with zero attached hydrogens (tertiary/aromatic N) is 3. The Morgan fingerprint density at radius 1 is 1.34 bits per heavy atom. The fourth-order valence-corrected chi connectivity index (χ4v) is 4.19. The number of carbonyl (C=O) groups excluding carboxylic acids is 1. The smallest absolute Gasteiger partial charge is 0.239 e. The maximum atomic E-state index is 12.9. The molecule has 32 heavy (non-hydrogen) atoms. The van der Waals surface area contributed by atoms with Gasteiger partial charge in [-0.1, -0.05) is 12.1 Å². The van der Waals surface area contributed by atoms with E-state index in [1.165, 1.54) is 0 Å². The molecule has 0 radical (unpaired) electrons. The molecule has 2 heterocycles. The van der Waals surface area contributed by atoms with E-state index >= 15 is 0 Å². The monoisotopic (exact) mass is 440 g/mol. The Bertz CT molecular complexity index is 1000. The molecule has 1 aromatic carbocycles. The minimum Gasteiger partial charge on any atom is -0.493 e. The Morgan fingerprint density at radius 2 is 2.12 bits per heavy atom. The molecular weight excluding hydrogens is 408 g/mol. The minimum absolute atomic E-state index is 0.103. The number of nitriles is 1. The predicted octanol–water partition coefficient (Wildman–Crippen LogP) is 3.24. The second-order valence-corrected chi connectivity index (χ2v) is 8.16. The molecule has 1 atom stereocenters. The molecule has 1 aliphatic rings. The van der Waals surface area contributed by atoms with E-state index in [9.17, 15) is 10.1 Å². The lowest BCUT2D eigenvalue weighted by atomic mass is 10.1. The molecule has 2 aromatic rings. The number of likely N-dealkylation sites (N-methyl/N-ethyl adjacent to an activating group) is 1. The van der Waals surface area contributed by atoms with E-state index in [0.717, 1.165) is 36.3 Å². The van der Waals surface area contributed by atoms with Gasteiger partial charge in [0.25, 0.3) is 0 Å². The molecule has 1 saturated heterocycles. The van der Waals surface area contributed by atoms with Crippen LogP contribution in [0.2, 0.25) is 0 Å². The minimum atomic E-state index is -0.183. The van der Waals surface area contributed by atoms with Crippen LogP contribution in [0.1, 0.15) is 35.2 Å². The highest BCUT2D eigenvalue weighted by molar-refractivity contribution is 5.93. The number of carbonyl (C=O) groups is 1. The summed E-state index contributed by atoms with van der Waals surface area (Å²) in [5, 5.41) is 12.7. The van der Waals surface area contributed by atoms with Gasteiger partial charge in [-0.15, -0.1) is 0 Å². The largest absolute Gasteiger partial charge is 0.493 e. The van der Waals surface area contributed by atoms with E-state index in [1.807, 2.05) is 48.6 Å². The van der Waals surface area contributed by atoms with Gasteiger partial charge >= 0.3 is 0 Å². The quantitative estimate of drug-likeness (QED) is 0.644. The number of methoxy groups -OCH3 is 2. The zero-order valence-electron chi connectivity index (χ0n) is 19.5. The zero-order chi connectivity index (χ0) is 23.3. The maximum absolute atomic E-state index is 12.9. The Labute approximate surface area is 189 Å². The Kier molecular flexibility index (Phi) is 7.78. The highest BCUT2D eigenvalue weighted by atomic mass is 16.5. The van der Waals surface area contributed by atoms with Crippen molar-refractivity contribution in [2.24, 2.45) is 0 Å². The molecule has 0 bridgehead atoms. The van der Waals surface area contributed by atoms with Crippen LogP contribution < -0.4 is 14.8 Å². The van der Waals surface area contributed by atoms with Gasteiger partial charge in [-0.2, -0.15) is 5.26 Å². The standard InChI is InChI=1S/C24H32N4O4/c1-16-17(2)28(14-19-9-7-11-32-19)24(20(16)12-25)26-22(29)15-27(3)13-18-8-6-10-21(30-4)23(18)31-5/h6,8,10,19H,7,9,11,13-15H2,1-5H3,(H,26,29). The number of ether oxygens (including phenoxy) is 3. The first kappa shape index (κ1) is 23.6. The lowest BCUT2D eigenvalue weighted by molar-refractivity contribution is -0.117. The third-order valence-corrected chi connectivity index (χ3v) is 5.95. The van der Waals surface area contributed by atoms with Gasteiger partial charge in [0.15, 0.2) is 11.5 Å². The van der Waals surface area contributed by atoms with E-state index in [-0.39, 0.29) is 18.6 Å². The van der Waals surface area contributed by atoms with Crippen LogP contribution in [0.15, 0.2) is 18.2 Å². The molecule has 1 amide bonds. The van der Waals surface area contributed by atoms with Gasteiger partial charge in [0, 0.05) is 24.4 Å². The first-order chi connectivity index (χ1) is 15.4. The Morgan fingerprint density at radius 3 is 2.75 bits per heavy atom. The number of para-hydroxylation sites is 1. The van der Waals surface area contributed by atoms with Crippen molar-refractivity contribution in [3.63, 3.8) is 0 Å². The summed E-state index contributed by atoms with van der Waals surface area (Å²) in [5.41, 5.74) is 3.29. The summed E-state index contributed by atoms with van der Waals surface area (Å²) in [7, 11) is 5.07. The van der Waals surface area contributed by atoms with E-state index in [0.29, 0.717) is 36.0 Å². The third-order valence-electron chi connectivity index (χ3n) is 5.95. The van der Waals surface area contributed by atoms with E-state index in [2.05, 4.69) is 11.4 Å². The van der Waals surface area contributed by atoms with Crippen molar-refractivity contribution in [3.8, 4) is 17.6 Å². The van der Waals surface area contributed by atoms with Crippen LogP contribution in [0.25, 0.3) is 0 Å². The summed E-state index contributed by atoms with van der Waals surface area (Å²) in [4.78, 5) is 14.8. The summed E-state index contributed by atoms with van der Waals surface area (Å²) in [6.45, 7) is 5.94. The van der Waals surface area contributed by atoms with Crippen LogP contribution in [0.3, 0.4) is 0 Å². The van der Waals surface area contributed by atoms with Gasteiger partial charge in [-0.25, -0.2) is 0 Å². The third kappa shape index (κ3) is 5.06. The van der Waals surface area contributed by atoms with Crippen molar-refractivity contribution in [2.75, 3.05) is 39.7 Å². The topological polar surface area (TPSA) is 88.8 Å². The molecule has 0 saturated carbocycles. The van der Waals surface area contributed by atoms with Crippen LogP contribution in [-0.2, 0) is 22.6 Å². The van der Waals surface area contributed by atoms with Crippen molar-refractivity contribution in [3.05, 3.63) is 40.6 Å². The van der Waals surface area contributed by atoms with Crippen molar-refractivity contribution in [2.45, 2.75) is 45.9 Å². The van der Waals surface area contributed by atoms with Crippen LogP contribution in [0.5, 0.6) is 11.5 Å². The van der Waals surface area contributed by atoms with Gasteiger partial charge < -0.3 is 24.1 Å². The molecule has 0 aliphatic carbocycles. The number of rotatable bonds is 9. The fraction of sp³-hybridized carbons (Fsp3) is 0.500. The summed E-state index contributed by atoms with van der Waals surface area (Å²) in [6, 6.07) is 7.94. The van der Waals surface area contributed by atoms with Crippen molar-refractivity contribution >= 4 is 11.7 Å². The van der Waals surface area contributed by atoms with E-state index in [1.54, 1.807) is 14.2 Å². The van der Waals surface area contributed by atoms with Crippen LogP contribution >= 0.6 is 0 Å². The lowest BCUT2D eigenvalue weighted by Crippen LogP contribution is -2.31. The molecule has 8 nitrogen and oxygen atoms in total. The van der Waals surface area contributed by atoms with Gasteiger partial charge in [0.2, 0.25) is 5.91 Å². The van der Waals surface area contributed by atoms with Gasteiger partial charge in [-0.3, -0.25) is 9.69 Å². The summed E-state index contributed by atoms with van der Waals surface area (Å²) < 4.78 is 18.6. The zero-order valence-corrected chi connectivity index (χ0v) is 19.5. The number of anilines is 1. The first-order valence-corrected chi connectivity index (χ1v) is 10.8. The summed E-state index contributed by atoms with van der Waals surface area (Å²) in [6.07, 6.45) is 2.12. The molecular formula is C24H32N4O4. The normalized spacial score (nSPS) is 15.6. The second kappa shape index (κ2) is 10.5. The molecule has 1 unspecified atom stereocenters. The van der Waals surface area contributed by atoms with Crippen LogP contribution in [0, 0.1) is 25.2 Å². The molecule has 1 aliphatic heterocycles. The molecule has 0 spiro atoms. The highest BCUT2D eigenvalue weighted by Crippen LogP contribution is 2.31. The first-order valence-electron chi connectivity index (χ1n) is 10.8. The van der Waals surface area contributed by atoms with Gasteiger partial charge in [0.05, 0.1) is 39.0 Å². The van der Waals surface area contributed by atoms with Gasteiger partial charge in [-0.05, 0) is 45.4 Å². The maximum Gasteiger partial charge on any atom is 0.239 e. The Balaban J connectivity index is 1.73. The number of benzene rings is 1. The number of amides is 1. The van der Waals surface area contributed by atoms with Crippen molar-refractivity contribution in [1.82, 2.24) is 9.47 Å². The highest BCUT2D eigenvalue weighted by Gasteiger charge is 2.24. The van der Waals surface area contributed by atoms with Crippen molar-refractivity contribution < 1.29 is 19.0 Å².